The van der Waals surface area contributed by atoms with Crippen molar-refractivity contribution in [2.45, 2.75) is 57.0 Å². The SMILES string of the molecule is O=C1C[C@H](Cc2ccccc2)N1C(=O)NC1CCCCC1. The van der Waals surface area contributed by atoms with Gasteiger partial charge in [0.25, 0.3) is 0 Å². The van der Waals surface area contributed by atoms with E-state index in [0.717, 1.165) is 19.3 Å². The number of amides is 3. The van der Waals surface area contributed by atoms with Gasteiger partial charge in [0.2, 0.25) is 5.91 Å². The number of carbonyl (C=O) groups is 2. The van der Waals surface area contributed by atoms with E-state index < -0.39 is 0 Å². The molecule has 2 fully saturated rings. The molecule has 3 amide bonds. The first-order chi connectivity index (χ1) is 10.2. The number of carbonyl (C=O) groups excluding carboxylic acids is 2. The number of likely N-dealkylation sites (tertiary alicyclic amines) is 1. The lowest BCUT2D eigenvalue weighted by atomic mass is 9.94. The second-order valence-corrected chi connectivity index (χ2v) is 6.10. The van der Waals surface area contributed by atoms with Crippen LogP contribution in [0.15, 0.2) is 30.3 Å². The Balaban J connectivity index is 1.57. The molecular formula is C17H22N2O2. The summed E-state index contributed by atoms with van der Waals surface area (Å²) in [5.41, 5.74) is 1.17. The molecule has 4 heteroatoms. The van der Waals surface area contributed by atoms with Gasteiger partial charge in [0.15, 0.2) is 0 Å². The molecule has 3 rings (SSSR count). The summed E-state index contributed by atoms with van der Waals surface area (Å²) in [6.45, 7) is 0. The fraction of sp³-hybridized carbons (Fsp3) is 0.529. The molecule has 1 aliphatic heterocycles. The number of rotatable bonds is 3. The summed E-state index contributed by atoms with van der Waals surface area (Å²) < 4.78 is 0. The summed E-state index contributed by atoms with van der Waals surface area (Å²) in [7, 11) is 0. The number of benzene rings is 1. The molecule has 1 atom stereocenters. The Hall–Kier alpha value is -1.84. The van der Waals surface area contributed by atoms with Crippen LogP contribution in [0.5, 0.6) is 0 Å². The highest BCUT2D eigenvalue weighted by atomic mass is 16.2. The third-order valence-electron chi connectivity index (χ3n) is 4.51. The third-order valence-corrected chi connectivity index (χ3v) is 4.51. The van der Waals surface area contributed by atoms with Gasteiger partial charge in [0.1, 0.15) is 0 Å². The van der Waals surface area contributed by atoms with Crippen molar-refractivity contribution in [3.05, 3.63) is 35.9 Å². The van der Waals surface area contributed by atoms with Gasteiger partial charge in [0.05, 0.1) is 6.04 Å². The first-order valence-corrected chi connectivity index (χ1v) is 7.90. The van der Waals surface area contributed by atoms with Gasteiger partial charge in [-0.25, -0.2) is 4.79 Å². The summed E-state index contributed by atoms with van der Waals surface area (Å²) in [4.78, 5) is 25.5. The molecule has 0 spiro atoms. The van der Waals surface area contributed by atoms with Gasteiger partial charge in [-0.15, -0.1) is 0 Å². The van der Waals surface area contributed by atoms with Crippen LogP contribution in [0.2, 0.25) is 0 Å². The summed E-state index contributed by atoms with van der Waals surface area (Å²) in [5.74, 6) is -0.0516. The molecule has 1 aliphatic carbocycles. The Labute approximate surface area is 125 Å². The van der Waals surface area contributed by atoms with Crippen molar-refractivity contribution in [1.29, 1.82) is 0 Å². The maximum atomic E-state index is 12.3. The predicted octanol–water partition coefficient (Wildman–Crippen LogP) is 2.87. The molecule has 2 aliphatic rings. The molecule has 1 aromatic rings. The van der Waals surface area contributed by atoms with Gasteiger partial charge in [-0.1, -0.05) is 49.6 Å². The zero-order chi connectivity index (χ0) is 14.7. The molecule has 0 unspecified atom stereocenters. The second-order valence-electron chi connectivity index (χ2n) is 6.10. The van der Waals surface area contributed by atoms with Crippen molar-refractivity contribution in [1.82, 2.24) is 10.2 Å². The van der Waals surface area contributed by atoms with E-state index in [1.165, 1.54) is 29.7 Å². The Bertz CT molecular complexity index is 509. The van der Waals surface area contributed by atoms with E-state index in [0.29, 0.717) is 6.42 Å². The summed E-state index contributed by atoms with van der Waals surface area (Å²) in [6, 6.07) is 10.1. The van der Waals surface area contributed by atoms with Crippen LogP contribution in [0.4, 0.5) is 4.79 Å². The standard InChI is InChI=1S/C17H22N2O2/c20-16-12-15(11-13-7-3-1-4-8-13)19(16)17(21)18-14-9-5-2-6-10-14/h1,3-4,7-8,14-15H,2,5-6,9-12H2,(H,18,21)/t15-/m0/s1. The average Bonchev–Trinajstić information content (AvgIpc) is 2.48. The topological polar surface area (TPSA) is 49.4 Å². The smallest absolute Gasteiger partial charge is 0.324 e. The number of imide groups is 1. The first-order valence-electron chi connectivity index (χ1n) is 7.90. The molecule has 1 saturated heterocycles. The summed E-state index contributed by atoms with van der Waals surface area (Å²) in [5, 5.41) is 3.03. The van der Waals surface area contributed by atoms with Crippen molar-refractivity contribution < 1.29 is 9.59 Å². The molecule has 21 heavy (non-hydrogen) atoms. The van der Waals surface area contributed by atoms with E-state index in [-0.39, 0.29) is 24.0 Å². The molecular weight excluding hydrogens is 264 g/mol. The molecule has 112 valence electrons. The van der Waals surface area contributed by atoms with Crippen molar-refractivity contribution in [3.8, 4) is 0 Å². The Morgan fingerprint density at radius 1 is 1.14 bits per heavy atom. The Kier molecular flexibility index (Phi) is 4.23. The van der Waals surface area contributed by atoms with Crippen molar-refractivity contribution in [2.24, 2.45) is 0 Å². The molecule has 1 saturated carbocycles. The number of urea groups is 1. The fourth-order valence-electron chi connectivity index (χ4n) is 3.30. The van der Waals surface area contributed by atoms with Crippen LogP contribution in [0.3, 0.4) is 0 Å². The van der Waals surface area contributed by atoms with Gasteiger partial charge >= 0.3 is 6.03 Å². The molecule has 0 radical (unpaired) electrons. The highest BCUT2D eigenvalue weighted by Crippen LogP contribution is 2.24. The van der Waals surface area contributed by atoms with E-state index in [1.54, 1.807) is 0 Å². The number of nitrogens with one attached hydrogen (secondary N) is 1. The largest absolute Gasteiger partial charge is 0.335 e. The predicted molar refractivity (Wildman–Crippen MR) is 80.8 cm³/mol. The number of hydrogen-bond acceptors (Lipinski definition) is 2. The van der Waals surface area contributed by atoms with Gasteiger partial charge in [-0.2, -0.15) is 0 Å². The van der Waals surface area contributed by atoms with Crippen LogP contribution < -0.4 is 5.32 Å². The highest BCUT2D eigenvalue weighted by Gasteiger charge is 2.41. The van der Waals surface area contributed by atoms with Crippen molar-refractivity contribution >= 4 is 11.9 Å². The lowest BCUT2D eigenvalue weighted by Crippen LogP contribution is -2.60. The quantitative estimate of drug-likeness (QED) is 0.869. The van der Waals surface area contributed by atoms with Crippen LogP contribution in [0.25, 0.3) is 0 Å². The van der Waals surface area contributed by atoms with E-state index in [2.05, 4.69) is 5.32 Å². The van der Waals surface area contributed by atoms with Crippen LogP contribution in [-0.2, 0) is 11.2 Å². The van der Waals surface area contributed by atoms with E-state index >= 15 is 0 Å². The molecule has 1 heterocycles. The minimum atomic E-state index is -0.195. The lowest BCUT2D eigenvalue weighted by molar-refractivity contribution is -0.140. The third kappa shape index (κ3) is 3.26. The van der Waals surface area contributed by atoms with Crippen molar-refractivity contribution in [3.63, 3.8) is 0 Å². The number of nitrogens with zero attached hydrogens (tertiary/aromatic N) is 1. The fourth-order valence-corrected chi connectivity index (χ4v) is 3.30. The average molecular weight is 286 g/mol. The number of hydrogen-bond donors (Lipinski definition) is 1. The Morgan fingerprint density at radius 3 is 2.52 bits per heavy atom. The van der Waals surface area contributed by atoms with Gasteiger partial charge in [-0.3, -0.25) is 9.69 Å². The van der Waals surface area contributed by atoms with Gasteiger partial charge in [0, 0.05) is 12.5 Å². The molecule has 0 bridgehead atoms. The zero-order valence-electron chi connectivity index (χ0n) is 12.3. The monoisotopic (exact) mass is 286 g/mol. The molecule has 4 nitrogen and oxygen atoms in total. The zero-order valence-corrected chi connectivity index (χ0v) is 12.3. The van der Waals surface area contributed by atoms with Gasteiger partial charge in [-0.05, 0) is 24.8 Å². The van der Waals surface area contributed by atoms with Crippen LogP contribution in [0, 0.1) is 0 Å². The normalized spacial score (nSPS) is 22.8. The van der Waals surface area contributed by atoms with Crippen LogP contribution >= 0.6 is 0 Å². The number of β-lactam (4-membered cyclic amide) rings is 1. The molecule has 1 aromatic carbocycles. The maximum Gasteiger partial charge on any atom is 0.324 e. The summed E-state index contributed by atoms with van der Waals surface area (Å²) >= 11 is 0. The van der Waals surface area contributed by atoms with Crippen molar-refractivity contribution in [2.75, 3.05) is 0 Å². The highest BCUT2D eigenvalue weighted by molar-refractivity contribution is 5.99. The summed E-state index contributed by atoms with van der Waals surface area (Å²) in [6.07, 6.45) is 6.91. The van der Waals surface area contributed by atoms with E-state index in [4.69, 9.17) is 0 Å². The van der Waals surface area contributed by atoms with Crippen LogP contribution in [0.1, 0.15) is 44.1 Å². The second kappa shape index (κ2) is 6.29. The van der Waals surface area contributed by atoms with E-state index in [1.807, 2.05) is 30.3 Å². The Morgan fingerprint density at radius 2 is 1.86 bits per heavy atom. The first kappa shape index (κ1) is 14.1. The molecule has 0 aromatic heterocycles. The maximum absolute atomic E-state index is 12.3. The minimum absolute atomic E-state index is 0.0171. The van der Waals surface area contributed by atoms with Crippen LogP contribution in [-0.4, -0.2) is 28.9 Å². The van der Waals surface area contributed by atoms with Gasteiger partial charge < -0.3 is 5.32 Å². The minimum Gasteiger partial charge on any atom is -0.335 e. The lowest BCUT2D eigenvalue weighted by Gasteiger charge is -2.39. The molecule has 1 N–H and O–H groups in total. The van der Waals surface area contributed by atoms with E-state index in [9.17, 15) is 9.59 Å².